The second kappa shape index (κ2) is 10.7. The lowest BCUT2D eigenvalue weighted by Crippen LogP contribution is -2.26. The average molecular weight is 538 g/mol. The van der Waals surface area contributed by atoms with E-state index < -0.39 is 12.0 Å². The maximum atomic E-state index is 13.6. The number of nitrogens with one attached hydrogen (secondary N) is 2. The van der Waals surface area contributed by atoms with Crippen molar-refractivity contribution < 1.29 is 13.9 Å². The van der Waals surface area contributed by atoms with Crippen LogP contribution >= 0.6 is 0 Å². The van der Waals surface area contributed by atoms with E-state index >= 15 is 0 Å². The molecule has 4 N–H and O–H groups in total. The summed E-state index contributed by atoms with van der Waals surface area (Å²) >= 11 is 0. The molecule has 0 spiro atoms. The van der Waals surface area contributed by atoms with Crippen LogP contribution in [0.15, 0.2) is 73.2 Å². The van der Waals surface area contributed by atoms with Crippen LogP contribution in [0.2, 0.25) is 0 Å². The summed E-state index contributed by atoms with van der Waals surface area (Å²) in [4.78, 5) is 25.5. The number of nitrogens with zero attached hydrogens (tertiary/aromatic N) is 4. The van der Waals surface area contributed by atoms with Crippen molar-refractivity contribution in [3.63, 3.8) is 0 Å². The lowest BCUT2D eigenvalue weighted by Gasteiger charge is -2.25. The molecule has 5 aromatic rings. The molecular formula is C30H28FN7O2. The number of halogens is 1. The fourth-order valence-electron chi connectivity index (χ4n) is 5.33. The summed E-state index contributed by atoms with van der Waals surface area (Å²) in [5, 5.41) is 7.49. The van der Waals surface area contributed by atoms with Crippen molar-refractivity contribution in [1.29, 1.82) is 0 Å². The highest BCUT2D eigenvalue weighted by Crippen LogP contribution is 2.38. The molecule has 202 valence electrons. The molecule has 1 amide bonds. The van der Waals surface area contributed by atoms with Crippen LogP contribution in [-0.4, -0.2) is 45.7 Å². The van der Waals surface area contributed by atoms with E-state index in [0.29, 0.717) is 39.8 Å². The molecule has 0 atom stereocenters. The number of carbonyl (C=O) groups is 1. The molecule has 0 radical (unpaired) electrons. The van der Waals surface area contributed by atoms with Crippen LogP contribution in [0.25, 0.3) is 33.3 Å². The van der Waals surface area contributed by atoms with Crippen LogP contribution in [0.1, 0.15) is 24.3 Å². The van der Waals surface area contributed by atoms with Crippen molar-refractivity contribution >= 4 is 28.6 Å². The molecule has 1 fully saturated rings. The monoisotopic (exact) mass is 537 g/mol. The zero-order valence-corrected chi connectivity index (χ0v) is 21.9. The van der Waals surface area contributed by atoms with Crippen LogP contribution in [-0.2, 0) is 0 Å². The number of amides is 1. The average Bonchev–Trinajstić information content (AvgIpc) is 3.38. The van der Waals surface area contributed by atoms with Gasteiger partial charge in [0.15, 0.2) is 0 Å². The van der Waals surface area contributed by atoms with Crippen LogP contribution < -0.4 is 21.1 Å². The molecule has 4 heterocycles. The van der Waals surface area contributed by atoms with Crippen molar-refractivity contribution in [1.82, 2.24) is 24.8 Å². The SMILES string of the molecule is COc1cc(Nc2ncc(-c3ccc(F)nc3)c(-c3cn(C(N)=O)c4ccccc34)n2)ccc1C1CCNCC1. The number of para-hydroxylation sites is 1. The number of benzene rings is 2. The van der Waals surface area contributed by atoms with E-state index in [1.165, 1.54) is 22.4 Å². The Hall–Kier alpha value is -4.83. The number of nitrogens with two attached hydrogens (primary N) is 1. The molecule has 0 bridgehead atoms. The van der Waals surface area contributed by atoms with Crippen molar-refractivity contribution in [2.75, 3.05) is 25.5 Å². The smallest absolute Gasteiger partial charge is 0.323 e. The van der Waals surface area contributed by atoms with E-state index in [-0.39, 0.29) is 0 Å². The molecule has 9 nitrogen and oxygen atoms in total. The number of hydrogen-bond donors (Lipinski definition) is 3. The summed E-state index contributed by atoms with van der Waals surface area (Å²) in [6, 6.07) is 15.8. The van der Waals surface area contributed by atoms with Gasteiger partial charge in [-0.15, -0.1) is 0 Å². The summed E-state index contributed by atoms with van der Waals surface area (Å²) in [6.45, 7) is 1.99. The van der Waals surface area contributed by atoms with E-state index in [1.54, 1.807) is 25.6 Å². The predicted octanol–water partition coefficient (Wildman–Crippen LogP) is 5.45. The Balaban J connectivity index is 1.44. The lowest BCUT2D eigenvalue weighted by molar-refractivity contribution is 0.251. The molecule has 6 rings (SSSR count). The normalized spacial score (nSPS) is 13.8. The molecule has 1 saturated heterocycles. The Labute approximate surface area is 230 Å². The number of anilines is 2. The third-order valence-electron chi connectivity index (χ3n) is 7.30. The zero-order valence-electron chi connectivity index (χ0n) is 21.9. The number of methoxy groups -OCH3 is 1. The van der Waals surface area contributed by atoms with Gasteiger partial charge in [0.1, 0.15) is 5.75 Å². The number of pyridine rings is 1. The Bertz CT molecular complexity index is 1690. The summed E-state index contributed by atoms with van der Waals surface area (Å²) in [5.41, 5.74) is 10.8. The Morgan fingerprint density at radius 3 is 2.65 bits per heavy atom. The minimum atomic E-state index is -0.610. The van der Waals surface area contributed by atoms with Gasteiger partial charge in [-0.1, -0.05) is 24.3 Å². The van der Waals surface area contributed by atoms with Gasteiger partial charge in [-0.25, -0.2) is 19.7 Å². The van der Waals surface area contributed by atoms with Gasteiger partial charge in [-0.3, -0.25) is 4.57 Å². The van der Waals surface area contributed by atoms with Crippen molar-refractivity contribution in [2.24, 2.45) is 5.73 Å². The molecule has 2 aromatic carbocycles. The predicted molar refractivity (Wildman–Crippen MR) is 152 cm³/mol. The zero-order chi connectivity index (χ0) is 27.6. The number of hydrogen-bond acceptors (Lipinski definition) is 7. The molecule has 0 aliphatic carbocycles. The molecule has 1 aliphatic rings. The lowest BCUT2D eigenvalue weighted by atomic mass is 9.89. The van der Waals surface area contributed by atoms with Gasteiger partial charge >= 0.3 is 6.03 Å². The van der Waals surface area contributed by atoms with Crippen LogP contribution in [0.4, 0.5) is 20.8 Å². The number of aromatic nitrogens is 4. The summed E-state index contributed by atoms with van der Waals surface area (Å²) in [5.74, 6) is 1.02. The van der Waals surface area contributed by atoms with Crippen molar-refractivity contribution in [3.05, 3.63) is 84.7 Å². The Morgan fingerprint density at radius 2 is 1.90 bits per heavy atom. The van der Waals surface area contributed by atoms with Gasteiger partial charge in [-0.05, 0) is 61.7 Å². The van der Waals surface area contributed by atoms with E-state index in [0.717, 1.165) is 42.8 Å². The number of fused-ring (bicyclic) bond motifs is 1. The summed E-state index contributed by atoms with van der Waals surface area (Å²) < 4.78 is 20.8. The summed E-state index contributed by atoms with van der Waals surface area (Å²) in [6.07, 6.45) is 6.89. The fraction of sp³-hybridized carbons (Fsp3) is 0.200. The molecule has 0 unspecified atom stereocenters. The Kier molecular flexibility index (Phi) is 6.83. The highest BCUT2D eigenvalue weighted by molar-refractivity contribution is 6.03. The Morgan fingerprint density at radius 1 is 1.07 bits per heavy atom. The minimum Gasteiger partial charge on any atom is -0.496 e. The first-order valence-corrected chi connectivity index (χ1v) is 13.1. The standard InChI is InChI=1S/C30H28FN7O2/c1-40-26-14-20(7-8-21(26)18-10-12-33-13-11-18)36-30-35-16-23(19-6-9-27(31)34-15-19)28(37-30)24-17-38(29(32)39)25-5-3-2-4-22(24)25/h2-9,14-18,33H,10-13H2,1H3,(H2,32,39)(H,35,36,37). The van der Waals surface area contributed by atoms with Gasteiger partial charge in [0.2, 0.25) is 11.9 Å². The highest BCUT2D eigenvalue weighted by Gasteiger charge is 2.21. The number of rotatable bonds is 6. The number of piperidine rings is 1. The van der Waals surface area contributed by atoms with Gasteiger partial charge in [0.25, 0.3) is 0 Å². The second-order valence-electron chi connectivity index (χ2n) is 9.70. The van der Waals surface area contributed by atoms with E-state index in [9.17, 15) is 9.18 Å². The summed E-state index contributed by atoms with van der Waals surface area (Å²) in [7, 11) is 1.68. The number of ether oxygens (including phenoxy) is 1. The quantitative estimate of drug-likeness (QED) is 0.247. The van der Waals surface area contributed by atoms with Gasteiger partial charge in [0.05, 0.1) is 18.3 Å². The van der Waals surface area contributed by atoms with Crippen LogP contribution in [0.5, 0.6) is 5.75 Å². The first-order chi connectivity index (χ1) is 19.5. The second-order valence-corrected chi connectivity index (χ2v) is 9.70. The first-order valence-electron chi connectivity index (χ1n) is 13.1. The third-order valence-corrected chi connectivity index (χ3v) is 7.30. The number of carbonyl (C=O) groups excluding carboxylic acids is 1. The molecule has 3 aromatic heterocycles. The van der Waals surface area contributed by atoms with Crippen LogP contribution in [0, 0.1) is 5.95 Å². The molecule has 1 aliphatic heterocycles. The fourth-order valence-corrected chi connectivity index (χ4v) is 5.33. The van der Waals surface area contributed by atoms with Gasteiger partial charge < -0.3 is 21.1 Å². The first kappa shape index (κ1) is 25.4. The molecule has 40 heavy (non-hydrogen) atoms. The van der Waals surface area contributed by atoms with Crippen LogP contribution in [0.3, 0.4) is 0 Å². The van der Waals surface area contributed by atoms with E-state index in [1.807, 2.05) is 36.4 Å². The molecule has 10 heteroatoms. The van der Waals surface area contributed by atoms with Gasteiger partial charge in [-0.2, -0.15) is 4.39 Å². The number of primary amides is 1. The van der Waals surface area contributed by atoms with E-state index in [4.69, 9.17) is 15.5 Å². The maximum Gasteiger partial charge on any atom is 0.323 e. The largest absolute Gasteiger partial charge is 0.496 e. The maximum absolute atomic E-state index is 13.6. The van der Waals surface area contributed by atoms with Crippen molar-refractivity contribution in [2.45, 2.75) is 18.8 Å². The van der Waals surface area contributed by atoms with Crippen molar-refractivity contribution in [3.8, 4) is 28.1 Å². The minimum absolute atomic E-state index is 0.349. The topological polar surface area (TPSA) is 120 Å². The molecular weight excluding hydrogens is 509 g/mol. The van der Waals surface area contributed by atoms with Gasteiger partial charge in [0, 0.05) is 52.4 Å². The highest BCUT2D eigenvalue weighted by atomic mass is 19.1. The molecule has 0 saturated carbocycles. The third kappa shape index (κ3) is 4.85. The van der Waals surface area contributed by atoms with E-state index in [2.05, 4.69) is 26.7 Å².